The highest BCUT2D eigenvalue weighted by molar-refractivity contribution is 7.99. The van der Waals surface area contributed by atoms with E-state index in [1.165, 1.54) is 11.8 Å². The van der Waals surface area contributed by atoms with Crippen LogP contribution in [-0.4, -0.2) is 10.2 Å². The van der Waals surface area contributed by atoms with Crippen LogP contribution in [0.3, 0.4) is 0 Å². The maximum absolute atomic E-state index is 6.00. The third kappa shape index (κ3) is 3.20. The highest BCUT2D eigenvalue weighted by Crippen LogP contribution is 2.33. The predicted molar refractivity (Wildman–Crippen MR) is 80.0 cm³/mol. The maximum Gasteiger partial charge on any atom is 0.128 e. The Balaban J connectivity index is 2.38. The van der Waals surface area contributed by atoms with Crippen molar-refractivity contribution in [1.82, 2.24) is 10.2 Å². The molecule has 100 valence electrons. The van der Waals surface area contributed by atoms with Gasteiger partial charge in [0, 0.05) is 17.0 Å². The molecule has 0 bridgehead atoms. The lowest BCUT2D eigenvalue weighted by Gasteiger charge is -2.10. The third-order valence-electron chi connectivity index (χ3n) is 2.85. The van der Waals surface area contributed by atoms with E-state index >= 15 is 0 Å². The van der Waals surface area contributed by atoms with Crippen LogP contribution in [0, 0.1) is 13.8 Å². The molecule has 0 atom stereocenters. The number of benzene rings is 1. The van der Waals surface area contributed by atoms with E-state index in [0.717, 1.165) is 26.7 Å². The molecule has 6 heteroatoms. The van der Waals surface area contributed by atoms with Gasteiger partial charge in [0.25, 0.3) is 0 Å². The number of halogens is 2. The Morgan fingerprint density at radius 3 is 2.53 bits per heavy atom. The zero-order valence-electron chi connectivity index (χ0n) is 10.6. The molecule has 2 N–H and O–H groups in total. The van der Waals surface area contributed by atoms with Crippen molar-refractivity contribution < 1.29 is 0 Å². The highest BCUT2D eigenvalue weighted by Gasteiger charge is 2.11. The van der Waals surface area contributed by atoms with Gasteiger partial charge >= 0.3 is 0 Å². The first-order valence-electron chi connectivity index (χ1n) is 5.68. The minimum absolute atomic E-state index is 0.436. The molecular weight excluding hydrogens is 301 g/mol. The smallest absolute Gasteiger partial charge is 0.128 e. The van der Waals surface area contributed by atoms with E-state index < -0.39 is 0 Å². The van der Waals surface area contributed by atoms with Crippen LogP contribution in [0.25, 0.3) is 0 Å². The second-order valence-corrected chi connectivity index (χ2v) is 5.95. The van der Waals surface area contributed by atoms with E-state index in [0.29, 0.717) is 16.6 Å². The Hall–Kier alpha value is -0.810. The van der Waals surface area contributed by atoms with Crippen molar-refractivity contribution in [1.29, 1.82) is 0 Å². The van der Waals surface area contributed by atoms with Gasteiger partial charge in [0.15, 0.2) is 0 Å². The number of aryl methyl sites for hydroxylation is 1. The summed E-state index contributed by atoms with van der Waals surface area (Å²) in [5, 5.41) is 10.2. The molecule has 0 saturated heterocycles. The normalized spacial score (nSPS) is 10.8. The highest BCUT2D eigenvalue weighted by atomic mass is 35.5. The number of hydrogen-bond donors (Lipinski definition) is 1. The Kier molecular flexibility index (Phi) is 4.68. The van der Waals surface area contributed by atoms with Crippen LogP contribution in [0.5, 0.6) is 0 Å². The Bertz CT molecular complexity index is 617. The van der Waals surface area contributed by atoms with Gasteiger partial charge in [-0.15, -0.1) is 5.10 Å². The van der Waals surface area contributed by atoms with Crippen molar-refractivity contribution in [3.8, 4) is 0 Å². The van der Waals surface area contributed by atoms with Crippen molar-refractivity contribution >= 4 is 35.0 Å². The van der Waals surface area contributed by atoms with Crippen molar-refractivity contribution in [3.63, 3.8) is 0 Å². The van der Waals surface area contributed by atoms with Gasteiger partial charge in [-0.1, -0.05) is 35.0 Å². The largest absolute Gasteiger partial charge is 0.326 e. The lowest BCUT2D eigenvalue weighted by Crippen LogP contribution is -2.06. The van der Waals surface area contributed by atoms with Gasteiger partial charge in [0.05, 0.1) is 15.7 Å². The van der Waals surface area contributed by atoms with E-state index in [9.17, 15) is 0 Å². The summed E-state index contributed by atoms with van der Waals surface area (Å²) in [6, 6.07) is 5.48. The molecule has 0 aliphatic rings. The van der Waals surface area contributed by atoms with Crippen molar-refractivity contribution in [3.05, 3.63) is 45.1 Å². The number of rotatable bonds is 3. The summed E-state index contributed by atoms with van der Waals surface area (Å²) >= 11 is 13.4. The molecule has 1 aromatic heterocycles. The van der Waals surface area contributed by atoms with E-state index in [2.05, 4.69) is 10.2 Å². The first-order valence-corrected chi connectivity index (χ1v) is 7.26. The topological polar surface area (TPSA) is 51.8 Å². The molecule has 2 rings (SSSR count). The van der Waals surface area contributed by atoms with E-state index in [1.54, 1.807) is 6.07 Å². The van der Waals surface area contributed by atoms with Gasteiger partial charge < -0.3 is 5.73 Å². The van der Waals surface area contributed by atoms with Crippen molar-refractivity contribution in [2.24, 2.45) is 5.73 Å². The number of nitrogens with two attached hydrogens (primary N) is 1. The minimum atomic E-state index is 0.436. The lowest BCUT2D eigenvalue weighted by atomic mass is 10.1. The second-order valence-electron chi connectivity index (χ2n) is 4.08. The molecule has 0 amide bonds. The van der Waals surface area contributed by atoms with Gasteiger partial charge in [0.2, 0.25) is 0 Å². The summed E-state index contributed by atoms with van der Waals surface area (Å²) in [6.45, 7) is 4.37. The summed E-state index contributed by atoms with van der Waals surface area (Å²) in [6.07, 6.45) is 0. The standard InChI is InChI=1S/C13H13Cl2N3S/c1-7-8(2)17-18-13(10(7)6-16)19-9-3-4-11(14)12(15)5-9/h3-5H,6,16H2,1-2H3. The number of hydrogen-bond acceptors (Lipinski definition) is 4. The predicted octanol–water partition coefficient (Wildman–Crippen LogP) is 4.01. The fraction of sp³-hybridized carbons (Fsp3) is 0.231. The molecule has 0 aliphatic carbocycles. The van der Waals surface area contributed by atoms with Crippen LogP contribution in [-0.2, 0) is 6.54 Å². The number of aromatic nitrogens is 2. The van der Waals surface area contributed by atoms with Crippen molar-refractivity contribution in [2.45, 2.75) is 30.3 Å². The molecule has 0 aliphatic heterocycles. The SMILES string of the molecule is Cc1nnc(Sc2ccc(Cl)c(Cl)c2)c(CN)c1C. The zero-order chi connectivity index (χ0) is 14.0. The maximum atomic E-state index is 6.00. The zero-order valence-corrected chi connectivity index (χ0v) is 12.9. The van der Waals surface area contributed by atoms with Gasteiger partial charge in [0.1, 0.15) is 5.03 Å². The number of nitrogens with zero attached hydrogens (tertiary/aromatic N) is 2. The molecule has 0 spiro atoms. The molecule has 2 aromatic rings. The summed E-state index contributed by atoms with van der Waals surface area (Å²) in [4.78, 5) is 0.960. The van der Waals surface area contributed by atoms with Crippen LogP contribution in [0.1, 0.15) is 16.8 Å². The monoisotopic (exact) mass is 313 g/mol. The molecule has 0 saturated carbocycles. The molecular formula is C13H13Cl2N3S. The van der Waals surface area contributed by atoms with Gasteiger partial charge in [-0.2, -0.15) is 5.10 Å². The summed E-state index contributed by atoms with van der Waals surface area (Å²) < 4.78 is 0. The van der Waals surface area contributed by atoms with E-state index in [1.807, 2.05) is 26.0 Å². The molecule has 0 unspecified atom stereocenters. The van der Waals surface area contributed by atoms with E-state index in [4.69, 9.17) is 28.9 Å². The van der Waals surface area contributed by atoms with Crippen LogP contribution in [0.2, 0.25) is 10.0 Å². The van der Waals surface area contributed by atoms with Crippen LogP contribution >= 0.6 is 35.0 Å². The molecule has 0 fully saturated rings. The molecule has 19 heavy (non-hydrogen) atoms. The third-order valence-corrected chi connectivity index (χ3v) is 4.60. The average Bonchev–Trinajstić information content (AvgIpc) is 2.39. The van der Waals surface area contributed by atoms with Crippen LogP contribution in [0.4, 0.5) is 0 Å². The van der Waals surface area contributed by atoms with Crippen LogP contribution < -0.4 is 5.73 Å². The Morgan fingerprint density at radius 1 is 1.16 bits per heavy atom. The van der Waals surface area contributed by atoms with Gasteiger partial charge in [-0.25, -0.2) is 0 Å². The summed E-state index contributed by atoms with van der Waals surface area (Å²) in [5.41, 5.74) is 8.80. The fourth-order valence-corrected chi connectivity index (χ4v) is 2.95. The Morgan fingerprint density at radius 2 is 1.89 bits per heavy atom. The molecule has 1 heterocycles. The fourth-order valence-electron chi connectivity index (χ4n) is 1.61. The lowest BCUT2D eigenvalue weighted by molar-refractivity contribution is 0.825. The Labute approximate surface area is 126 Å². The minimum Gasteiger partial charge on any atom is -0.326 e. The molecule has 1 aromatic carbocycles. The van der Waals surface area contributed by atoms with Crippen LogP contribution in [0.15, 0.2) is 28.1 Å². The average molecular weight is 314 g/mol. The quantitative estimate of drug-likeness (QED) is 0.930. The summed E-state index contributed by atoms with van der Waals surface area (Å²) in [7, 11) is 0. The first kappa shape index (κ1) is 14.6. The van der Waals surface area contributed by atoms with E-state index in [-0.39, 0.29) is 0 Å². The van der Waals surface area contributed by atoms with Gasteiger partial charge in [-0.3, -0.25) is 0 Å². The van der Waals surface area contributed by atoms with Gasteiger partial charge in [-0.05, 0) is 37.6 Å². The molecule has 3 nitrogen and oxygen atoms in total. The van der Waals surface area contributed by atoms with Crippen molar-refractivity contribution in [2.75, 3.05) is 0 Å². The summed E-state index contributed by atoms with van der Waals surface area (Å²) in [5.74, 6) is 0. The second kappa shape index (κ2) is 6.09. The first-order chi connectivity index (χ1) is 9.02. The molecule has 0 radical (unpaired) electrons.